The first-order valence-electron chi connectivity index (χ1n) is 12.3. The second-order valence-electron chi connectivity index (χ2n) is 10.2. The van der Waals surface area contributed by atoms with Crippen molar-refractivity contribution in [2.24, 2.45) is 16.8 Å². The van der Waals surface area contributed by atoms with E-state index in [2.05, 4.69) is 48.3 Å². The number of hydrogen-bond donors (Lipinski definition) is 1. The van der Waals surface area contributed by atoms with Crippen LogP contribution >= 0.6 is 11.8 Å². The van der Waals surface area contributed by atoms with Crippen molar-refractivity contribution < 1.29 is 14.3 Å². The van der Waals surface area contributed by atoms with Crippen molar-refractivity contribution in [3.8, 4) is 0 Å². The summed E-state index contributed by atoms with van der Waals surface area (Å²) in [5, 5.41) is 6.10. The van der Waals surface area contributed by atoms with Crippen LogP contribution in [0.15, 0.2) is 51.6 Å². The Balaban J connectivity index is 1.42. The molecule has 1 amide bonds. The van der Waals surface area contributed by atoms with E-state index in [1.54, 1.807) is 0 Å². The average molecular weight is 480 g/mol. The van der Waals surface area contributed by atoms with Crippen LogP contribution in [0.1, 0.15) is 76.0 Å². The number of aliphatic imine (C=N–C) groups is 1. The van der Waals surface area contributed by atoms with Crippen molar-refractivity contribution in [2.45, 2.75) is 70.9 Å². The number of benzene rings is 1. The summed E-state index contributed by atoms with van der Waals surface area (Å²) in [6.07, 6.45) is 5.19. The Labute approximate surface area is 205 Å². The Morgan fingerprint density at radius 1 is 1.21 bits per heavy atom. The van der Waals surface area contributed by atoms with Crippen LogP contribution in [0.5, 0.6) is 0 Å². The van der Waals surface area contributed by atoms with E-state index in [-0.39, 0.29) is 24.3 Å². The van der Waals surface area contributed by atoms with Gasteiger partial charge in [-0.3, -0.25) is 4.79 Å². The summed E-state index contributed by atoms with van der Waals surface area (Å²) in [6, 6.07) is 8.32. The lowest BCUT2D eigenvalue weighted by Crippen LogP contribution is -2.41. The molecule has 180 valence electrons. The van der Waals surface area contributed by atoms with E-state index in [1.807, 2.05) is 12.3 Å². The Kier molecular flexibility index (Phi) is 6.32. The molecular weight excluding hydrogens is 446 g/mol. The zero-order valence-corrected chi connectivity index (χ0v) is 21.2. The van der Waals surface area contributed by atoms with E-state index >= 15 is 0 Å². The molecule has 6 nitrogen and oxygen atoms in total. The third kappa shape index (κ3) is 4.19. The number of amides is 1. The van der Waals surface area contributed by atoms with Gasteiger partial charge in [0, 0.05) is 11.7 Å². The van der Waals surface area contributed by atoms with Gasteiger partial charge in [-0.2, -0.15) is 0 Å². The van der Waals surface area contributed by atoms with Crippen LogP contribution in [0.4, 0.5) is 0 Å². The maximum Gasteiger partial charge on any atom is 0.338 e. The minimum Gasteiger partial charge on any atom is -0.466 e. The number of methoxy groups -OCH3 is 1. The molecule has 2 saturated carbocycles. The molecule has 4 atom stereocenters. The number of nitrogens with zero attached hydrogens (tertiary/aromatic N) is 2. The summed E-state index contributed by atoms with van der Waals surface area (Å²) in [5.41, 5.74) is 4.27. The molecule has 2 aliphatic carbocycles. The summed E-state index contributed by atoms with van der Waals surface area (Å²) >= 11 is 1.51. The minimum absolute atomic E-state index is 0.0467. The highest BCUT2D eigenvalue weighted by atomic mass is 32.2. The first-order valence-corrected chi connectivity index (χ1v) is 13.2. The van der Waals surface area contributed by atoms with Crippen LogP contribution in [-0.2, 0) is 14.3 Å². The fourth-order valence-electron chi connectivity index (χ4n) is 5.96. The maximum atomic E-state index is 13.1. The van der Waals surface area contributed by atoms with Crippen molar-refractivity contribution in [2.75, 3.05) is 7.11 Å². The summed E-state index contributed by atoms with van der Waals surface area (Å²) in [7, 11) is 1.40. The van der Waals surface area contributed by atoms with Crippen LogP contribution in [0.3, 0.4) is 0 Å². The van der Waals surface area contributed by atoms with E-state index in [0.29, 0.717) is 29.1 Å². The van der Waals surface area contributed by atoms with Crippen LogP contribution in [0, 0.1) is 11.8 Å². The molecule has 0 aromatic heterocycles. The van der Waals surface area contributed by atoms with Gasteiger partial charge in [0.05, 0.1) is 30.8 Å². The molecule has 0 saturated heterocycles. The van der Waals surface area contributed by atoms with Gasteiger partial charge in [0.15, 0.2) is 5.17 Å². The zero-order chi connectivity index (χ0) is 24.0. The maximum absolute atomic E-state index is 13.1. The Hall–Kier alpha value is -2.54. The summed E-state index contributed by atoms with van der Waals surface area (Å²) in [6.45, 7) is 6.18. The first kappa shape index (κ1) is 23.2. The quantitative estimate of drug-likeness (QED) is 0.564. The third-order valence-corrected chi connectivity index (χ3v) is 8.64. The second kappa shape index (κ2) is 9.25. The molecule has 0 unspecified atom stereocenters. The van der Waals surface area contributed by atoms with Crippen LogP contribution < -0.4 is 5.32 Å². The predicted molar refractivity (Wildman–Crippen MR) is 135 cm³/mol. The molecule has 2 fully saturated rings. The lowest BCUT2D eigenvalue weighted by molar-refractivity contribution is -0.136. The van der Waals surface area contributed by atoms with Gasteiger partial charge in [-0.05, 0) is 60.5 Å². The molecule has 2 heterocycles. The standard InChI is InChI=1S/C27H33N3O3S/c1-15(2)18-7-9-19(10-8-18)25-24(26(32)33-4)16(3)28-27-30(25)21(14-34-27)13-23(31)29-22-12-17-5-6-20(22)11-17/h7-10,14-15,17,20,22,25H,5-6,11-13H2,1-4H3,(H,29,31)/t17-,20-,22+,25-/m0/s1. The molecule has 0 spiro atoms. The molecule has 4 aliphatic rings. The molecule has 0 radical (unpaired) electrons. The number of carbonyl (C=O) groups excluding carboxylic acids is 2. The highest BCUT2D eigenvalue weighted by molar-refractivity contribution is 8.16. The molecule has 2 bridgehead atoms. The zero-order valence-electron chi connectivity index (χ0n) is 20.3. The lowest BCUT2D eigenvalue weighted by Gasteiger charge is -2.36. The average Bonchev–Trinajstić information content (AvgIpc) is 3.54. The molecule has 7 heteroatoms. The molecule has 1 aromatic rings. The number of fused-ring (bicyclic) bond motifs is 3. The number of esters is 1. The van der Waals surface area contributed by atoms with Gasteiger partial charge < -0.3 is 15.0 Å². The van der Waals surface area contributed by atoms with Gasteiger partial charge in [0.2, 0.25) is 5.91 Å². The summed E-state index contributed by atoms with van der Waals surface area (Å²) < 4.78 is 5.16. The van der Waals surface area contributed by atoms with Crippen molar-refractivity contribution >= 4 is 28.8 Å². The third-order valence-electron chi connectivity index (χ3n) is 7.75. The van der Waals surface area contributed by atoms with Crippen LogP contribution in [-0.4, -0.2) is 35.1 Å². The Morgan fingerprint density at radius 3 is 2.59 bits per heavy atom. The number of nitrogens with one attached hydrogen (secondary N) is 1. The topological polar surface area (TPSA) is 71.0 Å². The predicted octanol–water partition coefficient (Wildman–Crippen LogP) is 5.25. The van der Waals surface area contributed by atoms with Crippen molar-refractivity contribution in [1.82, 2.24) is 10.2 Å². The first-order chi connectivity index (χ1) is 16.4. The fourth-order valence-corrected chi connectivity index (χ4v) is 6.93. The summed E-state index contributed by atoms with van der Waals surface area (Å²) in [4.78, 5) is 32.7. The highest BCUT2D eigenvalue weighted by Gasteiger charge is 2.42. The Morgan fingerprint density at radius 2 is 1.97 bits per heavy atom. The van der Waals surface area contributed by atoms with E-state index < -0.39 is 0 Å². The van der Waals surface area contributed by atoms with E-state index in [4.69, 9.17) is 9.73 Å². The van der Waals surface area contributed by atoms with E-state index in [0.717, 1.165) is 28.8 Å². The van der Waals surface area contributed by atoms with Gasteiger partial charge in [0.1, 0.15) is 0 Å². The van der Waals surface area contributed by atoms with Crippen molar-refractivity contribution in [3.05, 3.63) is 57.8 Å². The second-order valence-corrected chi connectivity index (χ2v) is 11.1. The van der Waals surface area contributed by atoms with Crippen molar-refractivity contribution in [3.63, 3.8) is 0 Å². The number of ether oxygens (including phenoxy) is 1. The number of carbonyl (C=O) groups is 2. The van der Waals surface area contributed by atoms with Gasteiger partial charge in [-0.25, -0.2) is 9.79 Å². The molecule has 2 aliphatic heterocycles. The SMILES string of the molecule is COC(=O)C1=C(C)N=C2SC=C(CC(=O)N[C@@H]3C[C@H]4CC[C@H]3C4)N2[C@H]1c1ccc(C(C)C)cc1. The fraction of sp³-hybridized carbons (Fsp3) is 0.519. The molecule has 34 heavy (non-hydrogen) atoms. The number of rotatable bonds is 6. The molecule has 1 aromatic carbocycles. The van der Waals surface area contributed by atoms with Crippen LogP contribution in [0.25, 0.3) is 0 Å². The minimum atomic E-state index is -0.388. The monoisotopic (exact) mass is 479 g/mol. The van der Waals surface area contributed by atoms with Crippen molar-refractivity contribution in [1.29, 1.82) is 0 Å². The molecular formula is C27H33N3O3S. The lowest BCUT2D eigenvalue weighted by atomic mass is 9.92. The van der Waals surface area contributed by atoms with Gasteiger partial charge in [-0.1, -0.05) is 56.3 Å². The number of amidine groups is 1. The van der Waals surface area contributed by atoms with E-state index in [9.17, 15) is 9.59 Å². The van der Waals surface area contributed by atoms with E-state index in [1.165, 1.54) is 43.7 Å². The molecule has 5 rings (SSSR count). The van der Waals surface area contributed by atoms with Gasteiger partial charge in [-0.15, -0.1) is 0 Å². The largest absolute Gasteiger partial charge is 0.466 e. The molecule has 1 N–H and O–H groups in total. The Bertz CT molecular complexity index is 1090. The normalized spacial score (nSPS) is 27.6. The van der Waals surface area contributed by atoms with Crippen LogP contribution in [0.2, 0.25) is 0 Å². The van der Waals surface area contributed by atoms with Gasteiger partial charge in [0.25, 0.3) is 0 Å². The number of hydrogen-bond acceptors (Lipinski definition) is 6. The highest BCUT2D eigenvalue weighted by Crippen LogP contribution is 2.46. The number of allylic oxidation sites excluding steroid dienone is 1. The number of thioether (sulfide) groups is 1. The smallest absolute Gasteiger partial charge is 0.338 e. The van der Waals surface area contributed by atoms with Gasteiger partial charge >= 0.3 is 5.97 Å². The summed E-state index contributed by atoms with van der Waals surface area (Å²) in [5.74, 6) is 1.50.